The third kappa shape index (κ3) is 4.94. The lowest BCUT2D eigenvalue weighted by Gasteiger charge is -2.20. The number of amides is 1. The lowest BCUT2D eigenvalue weighted by Crippen LogP contribution is -2.15. The van der Waals surface area contributed by atoms with E-state index in [1.54, 1.807) is 41.0 Å². The molecule has 0 fully saturated rings. The van der Waals surface area contributed by atoms with Gasteiger partial charge in [-0.2, -0.15) is 0 Å². The van der Waals surface area contributed by atoms with Crippen LogP contribution in [0.2, 0.25) is 5.02 Å². The quantitative estimate of drug-likeness (QED) is 0.293. The molecule has 4 rings (SSSR count). The zero-order valence-electron chi connectivity index (χ0n) is 19.3. The number of hydrogen-bond acceptors (Lipinski definition) is 3. The molecule has 1 aromatic heterocycles. The minimum atomic E-state index is -1.20. The van der Waals surface area contributed by atoms with Gasteiger partial charge in [-0.15, -0.1) is 0 Å². The van der Waals surface area contributed by atoms with E-state index < -0.39 is 23.5 Å². The number of halogens is 3. The largest absolute Gasteiger partial charge is 0.488 e. The molecule has 0 atom stereocenters. The second kappa shape index (κ2) is 10.2. The number of hydrogen-bond donors (Lipinski definition) is 2. The number of anilines is 1. The van der Waals surface area contributed by atoms with Crippen molar-refractivity contribution in [2.45, 2.75) is 20.5 Å². The lowest BCUT2D eigenvalue weighted by atomic mass is 10.1. The van der Waals surface area contributed by atoms with Crippen LogP contribution in [0, 0.1) is 18.6 Å². The van der Waals surface area contributed by atoms with E-state index in [0.717, 1.165) is 11.8 Å². The Labute approximate surface area is 210 Å². The average molecular weight is 511 g/mol. The molecule has 0 saturated heterocycles. The number of rotatable bonds is 7. The topological polar surface area (TPSA) is 80.6 Å². The molecule has 0 radical (unpaired) electrons. The van der Waals surface area contributed by atoms with Gasteiger partial charge in [0.1, 0.15) is 12.4 Å². The zero-order valence-corrected chi connectivity index (χ0v) is 20.1. The highest BCUT2D eigenvalue weighted by atomic mass is 35.5. The van der Waals surface area contributed by atoms with Crippen molar-refractivity contribution in [3.05, 3.63) is 100 Å². The van der Waals surface area contributed by atoms with Crippen LogP contribution in [0.5, 0.6) is 5.75 Å². The summed E-state index contributed by atoms with van der Waals surface area (Å²) in [6.45, 7) is 2.88. The van der Waals surface area contributed by atoms with Crippen molar-refractivity contribution in [2.75, 3.05) is 5.32 Å². The van der Waals surface area contributed by atoms with Gasteiger partial charge in [0.05, 0.1) is 22.6 Å². The monoisotopic (exact) mass is 510 g/mol. The molecule has 0 aliphatic rings. The summed E-state index contributed by atoms with van der Waals surface area (Å²) in [5.41, 5.74) is 2.37. The third-order valence-electron chi connectivity index (χ3n) is 5.52. The number of aromatic nitrogens is 1. The zero-order chi connectivity index (χ0) is 26.0. The molecule has 2 N–H and O–H groups in total. The number of carbonyl (C=O) groups is 2. The summed E-state index contributed by atoms with van der Waals surface area (Å²) in [6.07, 6.45) is 0. The fourth-order valence-electron chi connectivity index (χ4n) is 3.92. The summed E-state index contributed by atoms with van der Waals surface area (Å²) in [5.74, 6) is -3.24. The van der Waals surface area contributed by atoms with Crippen LogP contribution in [-0.2, 0) is 11.4 Å². The van der Waals surface area contributed by atoms with Crippen molar-refractivity contribution >= 4 is 29.2 Å². The molecule has 0 bridgehead atoms. The molecule has 0 aliphatic heterocycles. The van der Waals surface area contributed by atoms with E-state index in [1.807, 2.05) is 13.0 Å². The summed E-state index contributed by atoms with van der Waals surface area (Å²) in [4.78, 5) is 23.8. The number of carboxylic acids is 1. The van der Waals surface area contributed by atoms with Crippen LogP contribution in [0.1, 0.15) is 28.5 Å². The molecule has 9 heteroatoms. The van der Waals surface area contributed by atoms with Crippen LogP contribution in [0.25, 0.3) is 16.9 Å². The Morgan fingerprint density at radius 1 is 1.06 bits per heavy atom. The minimum Gasteiger partial charge on any atom is -0.488 e. The number of nitrogens with one attached hydrogen (secondary N) is 1. The van der Waals surface area contributed by atoms with Crippen LogP contribution >= 0.6 is 11.6 Å². The molecule has 184 valence electrons. The SMILES string of the molecule is CC(=O)Nc1c(C(=O)O)cccc1-n1c(C)ccc1-c1cc(Cl)ccc1OCc1cccc(F)c1F. The van der Waals surface area contributed by atoms with Crippen molar-refractivity contribution in [3.63, 3.8) is 0 Å². The molecule has 1 heterocycles. The third-order valence-corrected chi connectivity index (χ3v) is 5.76. The molecule has 0 aliphatic carbocycles. The predicted octanol–water partition coefficient (Wildman–Crippen LogP) is 6.62. The maximum absolute atomic E-state index is 14.2. The van der Waals surface area contributed by atoms with Crippen molar-refractivity contribution in [2.24, 2.45) is 0 Å². The number of para-hydroxylation sites is 1. The van der Waals surface area contributed by atoms with Crippen LogP contribution in [0.3, 0.4) is 0 Å². The molecule has 4 aromatic rings. The molecule has 0 spiro atoms. The number of aryl methyl sites for hydroxylation is 1. The van der Waals surface area contributed by atoms with Gasteiger partial charge in [0.15, 0.2) is 11.6 Å². The van der Waals surface area contributed by atoms with Gasteiger partial charge in [-0.1, -0.05) is 29.8 Å². The van der Waals surface area contributed by atoms with Crippen LogP contribution in [0.4, 0.5) is 14.5 Å². The van der Waals surface area contributed by atoms with E-state index in [4.69, 9.17) is 16.3 Å². The van der Waals surface area contributed by atoms with Crippen LogP contribution in [-0.4, -0.2) is 21.6 Å². The van der Waals surface area contributed by atoms with E-state index in [1.165, 1.54) is 25.1 Å². The van der Waals surface area contributed by atoms with E-state index in [2.05, 4.69) is 5.32 Å². The summed E-state index contributed by atoms with van der Waals surface area (Å²) in [6, 6.07) is 17.0. The highest BCUT2D eigenvalue weighted by Crippen LogP contribution is 2.38. The van der Waals surface area contributed by atoms with Crippen molar-refractivity contribution < 1.29 is 28.2 Å². The highest BCUT2D eigenvalue weighted by molar-refractivity contribution is 6.31. The Bertz CT molecular complexity index is 1480. The van der Waals surface area contributed by atoms with Gasteiger partial charge in [0.25, 0.3) is 0 Å². The first-order chi connectivity index (χ1) is 17.2. The second-order valence-electron chi connectivity index (χ2n) is 8.02. The lowest BCUT2D eigenvalue weighted by molar-refractivity contribution is -0.114. The van der Waals surface area contributed by atoms with Gasteiger partial charge in [-0.3, -0.25) is 4.79 Å². The predicted molar refractivity (Wildman–Crippen MR) is 133 cm³/mol. The van der Waals surface area contributed by atoms with Crippen molar-refractivity contribution in [3.8, 4) is 22.7 Å². The molecular weight excluding hydrogens is 490 g/mol. The number of carbonyl (C=O) groups excluding carboxylic acids is 1. The first-order valence-electron chi connectivity index (χ1n) is 10.9. The Morgan fingerprint density at radius 2 is 1.81 bits per heavy atom. The van der Waals surface area contributed by atoms with E-state index in [0.29, 0.717) is 27.7 Å². The fraction of sp³-hybridized carbons (Fsp3) is 0.111. The van der Waals surface area contributed by atoms with E-state index in [9.17, 15) is 23.5 Å². The molecule has 0 unspecified atom stereocenters. The Balaban J connectivity index is 1.85. The summed E-state index contributed by atoms with van der Waals surface area (Å²) in [5, 5.41) is 12.7. The van der Waals surface area contributed by atoms with Gasteiger partial charge in [-0.05, 0) is 55.5 Å². The number of benzene rings is 3. The number of nitrogens with zero attached hydrogens (tertiary/aromatic N) is 1. The normalized spacial score (nSPS) is 10.8. The summed E-state index contributed by atoms with van der Waals surface area (Å²) < 4.78 is 35.5. The average Bonchev–Trinajstić information content (AvgIpc) is 3.21. The Hall–Kier alpha value is -4.17. The first kappa shape index (κ1) is 24.9. The first-order valence-corrected chi connectivity index (χ1v) is 11.2. The molecular formula is C27H21ClF2N2O4. The molecule has 36 heavy (non-hydrogen) atoms. The van der Waals surface area contributed by atoms with Gasteiger partial charge in [0, 0.05) is 28.8 Å². The van der Waals surface area contributed by atoms with Gasteiger partial charge in [0.2, 0.25) is 5.91 Å². The maximum Gasteiger partial charge on any atom is 0.337 e. The van der Waals surface area contributed by atoms with Gasteiger partial charge < -0.3 is 19.7 Å². The number of ether oxygens (including phenoxy) is 1. The summed E-state index contributed by atoms with van der Waals surface area (Å²) in [7, 11) is 0. The number of carboxylic acid groups (broad SMARTS) is 1. The summed E-state index contributed by atoms with van der Waals surface area (Å²) >= 11 is 6.29. The standard InChI is InChI=1S/C27H21ClF2N2O4/c1-15-9-11-22(32(15)23-8-4-6-19(27(34)35)26(23)31-16(2)33)20-13-18(28)10-12-24(20)36-14-17-5-3-7-21(29)25(17)30/h3-13H,14H2,1-2H3,(H,31,33)(H,34,35). The second-order valence-corrected chi connectivity index (χ2v) is 8.46. The molecule has 0 saturated carbocycles. The van der Waals surface area contributed by atoms with Crippen LogP contribution < -0.4 is 10.1 Å². The van der Waals surface area contributed by atoms with Gasteiger partial charge in [-0.25, -0.2) is 13.6 Å². The Morgan fingerprint density at radius 3 is 2.53 bits per heavy atom. The fourth-order valence-corrected chi connectivity index (χ4v) is 4.10. The molecule has 6 nitrogen and oxygen atoms in total. The van der Waals surface area contributed by atoms with E-state index >= 15 is 0 Å². The smallest absolute Gasteiger partial charge is 0.337 e. The minimum absolute atomic E-state index is 0.0459. The maximum atomic E-state index is 14.2. The van der Waals surface area contributed by atoms with E-state index in [-0.39, 0.29) is 23.4 Å². The van der Waals surface area contributed by atoms with Gasteiger partial charge >= 0.3 is 5.97 Å². The van der Waals surface area contributed by atoms with Crippen molar-refractivity contribution in [1.29, 1.82) is 0 Å². The van der Waals surface area contributed by atoms with Crippen molar-refractivity contribution in [1.82, 2.24) is 4.57 Å². The number of aromatic carboxylic acids is 1. The molecule has 3 aromatic carbocycles. The highest BCUT2D eigenvalue weighted by Gasteiger charge is 2.21. The Kier molecular flexibility index (Phi) is 7.07. The van der Waals surface area contributed by atoms with Crippen LogP contribution in [0.15, 0.2) is 66.7 Å². The molecule has 1 amide bonds.